The topological polar surface area (TPSA) is 69.2 Å². The van der Waals surface area contributed by atoms with E-state index < -0.39 is 24.4 Å². The molecule has 0 amide bonds. The first-order chi connectivity index (χ1) is 16.7. The summed E-state index contributed by atoms with van der Waals surface area (Å²) in [6.07, 6.45) is 2.91. The molecule has 0 saturated carbocycles. The van der Waals surface area contributed by atoms with Crippen molar-refractivity contribution in [2.45, 2.75) is 64.0 Å². The van der Waals surface area contributed by atoms with Crippen molar-refractivity contribution in [3.05, 3.63) is 59.2 Å². The molecule has 0 bridgehead atoms. The molecule has 8 heteroatoms. The van der Waals surface area contributed by atoms with Gasteiger partial charge in [0, 0.05) is 38.1 Å². The molecule has 1 heterocycles. The maximum Gasteiger partial charge on any atom is 0.296 e. The first-order valence-electron chi connectivity index (χ1n) is 12.1. The van der Waals surface area contributed by atoms with Crippen LogP contribution in [0.15, 0.2) is 42.5 Å². The van der Waals surface area contributed by atoms with E-state index in [1.165, 1.54) is 19.2 Å². The Hall–Kier alpha value is -2.26. The predicted octanol–water partition coefficient (Wildman–Crippen LogP) is 5.33. The van der Waals surface area contributed by atoms with Gasteiger partial charge in [-0.25, -0.2) is 0 Å². The number of aliphatic hydroxyl groups is 1. The lowest BCUT2D eigenvalue weighted by Gasteiger charge is -2.33. The Balaban J connectivity index is 1.24. The van der Waals surface area contributed by atoms with Gasteiger partial charge in [-0.2, -0.15) is 8.78 Å². The molecule has 1 unspecified atom stereocenters. The average Bonchev–Trinajstić information content (AvgIpc) is 2.84. The van der Waals surface area contributed by atoms with Crippen LogP contribution >= 0.6 is 0 Å². The minimum atomic E-state index is -3.05. The minimum absolute atomic E-state index is 0.105. The van der Waals surface area contributed by atoms with E-state index >= 15 is 0 Å². The number of ether oxygens (including phenoxy) is 4. The van der Waals surface area contributed by atoms with Crippen molar-refractivity contribution >= 4 is 0 Å². The molecule has 0 aliphatic carbocycles. The Morgan fingerprint density at radius 3 is 2.71 bits per heavy atom. The van der Waals surface area contributed by atoms with Gasteiger partial charge in [0.2, 0.25) is 5.79 Å². The van der Waals surface area contributed by atoms with Crippen molar-refractivity contribution < 1.29 is 32.8 Å². The van der Waals surface area contributed by atoms with E-state index in [-0.39, 0.29) is 5.56 Å². The number of benzene rings is 2. The zero-order valence-electron chi connectivity index (χ0n) is 20.8. The molecule has 1 aliphatic rings. The molecule has 194 valence electrons. The lowest BCUT2D eigenvalue weighted by atomic mass is 10.0. The molecule has 3 rings (SSSR count). The van der Waals surface area contributed by atoms with E-state index in [0.717, 1.165) is 49.1 Å². The molecule has 1 atom stereocenters. The maximum atomic E-state index is 14.3. The van der Waals surface area contributed by atoms with Crippen LogP contribution in [0, 0.1) is 0 Å². The number of hydrogen-bond donors (Lipinski definition) is 2. The highest BCUT2D eigenvalue weighted by atomic mass is 19.3. The number of hydrogen-bond acceptors (Lipinski definition) is 6. The second-order valence-corrected chi connectivity index (χ2v) is 9.28. The van der Waals surface area contributed by atoms with Gasteiger partial charge in [0.1, 0.15) is 18.1 Å². The van der Waals surface area contributed by atoms with Crippen LogP contribution in [0.2, 0.25) is 0 Å². The van der Waals surface area contributed by atoms with Crippen molar-refractivity contribution in [1.82, 2.24) is 5.32 Å². The summed E-state index contributed by atoms with van der Waals surface area (Å²) >= 11 is 0. The van der Waals surface area contributed by atoms with Crippen LogP contribution in [0.25, 0.3) is 0 Å². The molecule has 0 fully saturated rings. The van der Waals surface area contributed by atoms with Gasteiger partial charge in [0.15, 0.2) is 0 Å². The number of nitrogens with one attached hydrogen (secondary N) is 1. The van der Waals surface area contributed by atoms with Crippen molar-refractivity contribution in [2.24, 2.45) is 0 Å². The molecule has 2 aromatic carbocycles. The summed E-state index contributed by atoms with van der Waals surface area (Å²) in [6, 6.07) is 11.6. The Bertz CT molecular complexity index is 938. The normalized spacial score (nSPS) is 15.8. The van der Waals surface area contributed by atoms with Crippen molar-refractivity contribution in [3.63, 3.8) is 0 Å². The summed E-state index contributed by atoms with van der Waals surface area (Å²) in [6.45, 7) is 5.09. The highest BCUT2D eigenvalue weighted by Gasteiger charge is 2.32. The number of aliphatic hydroxyl groups excluding tert-OH is 1. The van der Waals surface area contributed by atoms with Crippen LogP contribution in [-0.2, 0) is 22.0 Å². The Morgan fingerprint density at radius 1 is 1.11 bits per heavy atom. The molecule has 0 radical (unpaired) electrons. The molecule has 0 saturated heterocycles. The van der Waals surface area contributed by atoms with Gasteiger partial charge in [0.25, 0.3) is 5.92 Å². The van der Waals surface area contributed by atoms with Crippen molar-refractivity contribution in [1.29, 1.82) is 0 Å². The van der Waals surface area contributed by atoms with Crippen LogP contribution in [0.1, 0.15) is 62.3 Å². The zero-order valence-corrected chi connectivity index (χ0v) is 20.8. The summed E-state index contributed by atoms with van der Waals surface area (Å²) in [4.78, 5) is 0. The monoisotopic (exact) mass is 493 g/mol. The third kappa shape index (κ3) is 8.42. The summed E-state index contributed by atoms with van der Waals surface area (Å²) < 4.78 is 50.2. The van der Waals surface area contributed by atoms with Gasteiger partial charge in [-0.05, 0) is 49.2 Å². The largest absolute Gasteiger partial charge is 0.497 e. The van der Waals surface area contributed by atoms with E-state index in [4.69, 9.17) is 18.9 Å². The number of fused-ring (bicyclic) bond motifs is 1. The number of halogens is 2. The fraction of sp³-hybridized carbons (Fsp3) is 0.556. The van der Waals surface area contributed by atoms with Gasteiger partial charge < -0.3 is 29.4 Å². The van der Waals surface area contributed by atoms with Crippen LogP contribution in [0.4, 0.5) is 8.78 Å². The first-order valence-corrected chi connectivity index (χ1v) is 12.1. The van der Waals surface area contributed by atoms with E-state index in [1.54, 1.807) is 12.1 Å². The molecule has 35 heavy (non-hydrogen) atoms. The summed E-state index contributed by atoms with van der Waals surface area (Å²) in [5, 5.41) is 13.7. The third-order valence-corrected chi connectivity index (χ3v) is 5.91. The van der Waals surface area contributed by atoms with Crippen LogP contribution in [0.3, 0.4) is 0 Å². The smallest absolute Gasteiger partial charge is 0.296 e. The molecule has 6 nitrogen and oxygen atoms in total. The standard InChI is InChI=1S/C27H37F2NO5/c1-26(2)34-18-21-15-20(11-12-25(21)35-26)24(31)17-30-13-6-4-5-7-14-33-19-27(28,29)22-9-8-10-23(16-22)32-3/h8-12,15-16,24,30-31H,4-7,13-14,17-19H2,1-3H3. The predicted molar refractivity (Wildman–Crippen MR) is 130 cm³/mol. The molecule has 2 aromatic rings. The molecular weight excluding hydrogens is 456 g/mol. The molecule has 1 aliphatic heterocycles. The fourth-order valence-corrected chi connectivity index (χ4v) is 3.86. The third-order valence-electron chi connectivity index (χ3n) is 5.91. The van der Waals surface area contributed by atoms with E-state index in [9.17, 15) is 13.9 Å². The number of methoxy groups -OCH3 is 1. The highest BCUT2D eigenvalue weighted by Crippen LogP contribution is 2.33. The van der Waals surface area contributed by atoms with Gasteiger partial charge in [-0.3, -0.25) is 0 Å². The zero-order chi connectivity index (χ0) is 25.3. The fourth-order valence-electron chi connectivity index (χ4n) is 3.86. The van der Waals surface area contributed by atoms with Gasteiger partial charge >= 0.3 is 0 Å². The number of rotatable bonds is 14. The first kappa shape index (κ1) is 27.3. The second-order valence-electron chi connectivity index (χ2n) is 9.28. The number of alkyl halides is 2. The molecular formula is C27H37F2NO5. The van der Waals surface area contributed by atoms with E-state index in [2.05, 4.69) is 5.32 Å². The van der Waals surface area contributed by atoms with Gasteiger partial charge in [-0.15, -0.1) is 0 Å². The van der Waals surface area contributed by atoms with Crippen LogP contribution < -0.4 is 14.8 Å². The maximum absolute atomic E-state index is 14.3. The molecule has 0 aromatic heterocycles. The lowest BCUT2D eigenvalue weighted by Crippen LogP contribution is -2.35. The SMILES string of the molecule is COc1cccc(C(F)(F)COCCCCCCNCC(O)c2ccc3c(c2)COC(C)(C)O3)c1. The van der Waals surface area contributed by atoms with Crippen LogP contribution in [-0.4, -0.2) is 44.3 Å². The second kappa shape index (κ2) is 12.6. The summed E-state index contributed by atoms with van der Waals surface area (Å²) in [5.74, 6) is -2.49. The molecule has 0 spiro atoms. The summed E-state index contributed by atoms with van der Waals surface area (Å²) in [7, 11) is 1.45. The van der Waals surface area contributed by atoms with Crippen LogP contribution in [0.5, 0.6) is 11.5 Å². The average molecular weight is 494 g/mol. The Kier molecular flexibility index (Phi) is 9.86. The minimum Gasteiger partial charge on any atom is -0.497 e. The van der Waals surface area contributed by atoms with E-state index in [1.807, 2.05) is 32.0 Å². The summed E-state index contributed by atoms with van der Waals surface area (Å²) in [5.41, 5.74) is 1.65. The van der Waals surface area contributed by atoms with Gasteiger partial charge in [-0.1, -0.05) is 31.0 Å². The molecule has 2 N–H and O–H groups in total. The van der Waals surface area contributed by atoms with E-state index in [0.29, 0.717) is 25.5 Å². The lowest BCUT2D eigenvalue weighted by molar-refractivity contribution is -0.180. The van der Waals surface area contributed by atoms with Crippen molar-refractivity contribution in [3.8, 4) is 11.5 Å². The van der Waals surface area contributed by atoms with Gasteiger partial charge in [0.05, 0.1) is 19.8 Å². The Morgan fingerprint density at radius 2 is 1.91 bits per heavy atom. The quantitative estimate of drug-likeness (QED) is 0.347. The number of unbranched alkanes of at least 4 members (excludes halogenated alkanes) is 3. The Labute approximate surface area is 206 Å². The van der Waals surface area contributed by atoms with Crippen molar-refractivity contribution in [2.75, 3.05) is 33.4 Å². The highest BCUT2D eigenvalue weighted by molar-refractivity contribution is 5.39.